The fourth-order valence-corrected chi connectivity index (χ4v) is 3.29. The Labute approximate surface area is 155 Å². The lowest BCUT2D eigenvalue weighted by atomic mass is 9.85. The van der Waals surface area contributed by atoms with E-state index in [1.165, 1.54) is 0 Å². The maximum Gasteiger partial charge on any atom is 0.232 e. The lowest BCUT2D eigenvalue weighted by molar-refractivity contribution is -0.118. The predicted molar refractivity (Wildman–Crippen MR) is 105 cm³/mol. The molecule has 0 bridgehead atoms. The minimum Gasteiger partial charge on any atom is -0.378 e. The monoisotopic (exact) mass is 353 g/mol. The summed E-state index contributed by atoms with van der Waals surface area (Å²) in [7, 11) is 0. The van der Waals surface area contributed by atoms with Gasteiger partial charge in [0.05, 0.1) is 31.0 Å². The molecule has 0 radical (unpaired) electrons. The largest absolute Gasteiger partial charge is 0.378 e. The average molecular weight is 353 g/mol. The van der Waals surface area contributed by atoms with E-state index in [1.807, 2.05) is 42.5 Å². The number of benzene rings is 1. The Bertz CT molecular complexity index is 697. The standard InChI is InChI=1S/C21H27N3O2/c1-3-16(2)20(17-7-5-4-6-8-17)21(25)23-18-9-10-19(22-15-18)24-11-13-26-14-12-24/h4-10,15-16,20H,3,11-14H2,1-2H3,(H,23,25)/t16-,20-/m1/s1. The fourth-order valence-electron chi connectivity index (χ4n) is 3.29. The van der Waals surface area contributed by atoms with E-state index >= 15 is 0 Å². The van der Waals surface area contributed by atoms with E-state index in [4.69, 9.17) is 4.74 Å². The molecule has 1 amide bonds. The van der Waals surface area contributed by atoms with Crippen molar-refractivity contribution in [3.8, 4) is 0 Å². The smallest absolute Gasteiger partial charge is 0.232 e. The maximum atomic E-state index is 12.9. The number of rotatable bonds is 6. The summed E-state index contributed by atoms with van der Waals surface area (Å²) in [5, 5.41) is 3.04. The Morgan fingerprint density at radius 1 is 1.19 bits per heavy atom. The van der Waals surface area contributed by atoms with Crippen LogP contribution < -0.4 is 10.2 Å². The number of hydrogen-bond acceptors (Lipinski definition) is 4. The van der Waals surface area contributed by atoms with Crippen LogP contribution in [0.25, 0.3) is 0 Å². The van der Waals surface area contributed by atoms with Gasteiger partial charge in [-0.25, -0.2) is 4.98 Å². The highest BCUT2D eigenvalue weighted by molar-refractivity contribution is 5.96. The second-order valence-corrected chi connectivity index (χ2v) is 6.77. The lowest BCUT2D eigenvalue weighted by Crippen LogP contribution is -2.36. The number of amides is 1. The number of aromatic nitrogens is 1. The number of pyridine rings is 1. The Balaban J connectivity index is 1.70. The van der Waals surface area contributed by atoms with Crippen molar-refractivity contribution in [2.24, 2.45) is 5.92 Å². The van der Waals surface area contributed by atoms with Gasteiger partial charge in [0, 0.05) is 13.1 Å². The molecular formula is C21H27N3O2. The minimum absolute atomic E-state index is 0.0199. The Hall–Kier alpha value is -2.40. The molecule has 1 aromatic heterocycles. The number of carbonyl (C=O) groups is 1. The van der Waals surface area contributed by atoms with Crippen LogP contribution in [0.3, 0.4) is 0 Å². The van der Waals surface area contributed by atoms with E-state index in [1.54, 1.807) is 6.20 Å². The predicted octanol–water partition coefficient (Wildman–Crippen LogP) is 3.69. The SMILES string of the molecule is CC[C@@H](C)[C@@H](C(=O)Nc1ccc(N2CCOCC2)nc1)c1ccccc1. The first kappa shape index (κ1) is 18.4. The van der Waals surface area contributed by atoms with Crippen molar-refractivity contribution < 1.29 is 9.53 Å². The first-order valence-corrected chi connectivity index (χ1v) is 9.33. The third-order valence-corrected chi connectivity index (χ3v) is 5.00. The van der Waals surface area contributed by atoms with Crippen molar-refractivity contribution in [3.63, 3.8) is 0 Å². The fraction of sp³-hybridized carbons (Fsp3) is 0.429. The summed E-state index contributed by atoms with van der Waals surface area (Å²) in [5.74, 6) is 1.04. The molecule has 1 saturated heterocycles. The van der Waals surface area contributed by atoms with E-state index in [0.717, 1.165) is 49.8 Å². The molecule has 5 nitrogen and oxygen atoms in total. The van der Waals surface area contributed by atoms with Crippen molar-refractivity contribution in [2.45, 2.75) is 26.2 Å². The quantitative estimate of drug-likeness (QED) is 0.861. The van der Waals surface area contributed by atoms with Gasteiger partial charge in [-0.2, -0.15) is 0 Å². The highest BCUT2D eigenvalue weighted by Gasteiger charge is 2.26. The minimum atomic E-state index is -0.167. The van der Waals surface area contributed by atoms with Crippen LogP contribution in [-0.2, 0) is 9.53 Å². The molecule has 1 fully saturated rings. The summed E-state index contributed by atoms with van der Waals surface area (Å²) in [6.07, 6.45) is 2.68. The summed E-state index contributed by atoms with van der Waals surface area (Å²) >= 11 is 0. The summed E-state index contributed by atoms with van der Waals surface area (Å²) < 4.78 is 5.37. The number of morpholine rings is 1. The van der Waals surface area contributed by atoms with E-state index < -0.39 is 0 Å². The van der Waals surface area contributed by atoms with Crippen molar-refractivity contribution in [2.75, 3.05) is 36.5 Å². The molecule has 3 rings (SSSR count). The first-order valence-electron chi connectivity index (χ1n) is 9.33. The number of hydrogen-bond donors (Lipinski definition) is 1. The van der Waals surface area contributed by atoms with E-state index in [2.05, 4.69) is 29.0 Å². The highest BCUT2D eigenvalue weighted by Crippen LogP contribution is 2.28. The highest BCUT2D eigenvalue weighted by atomic mass is 16.5. The van der Waals surface area contributed by atoms with Crippen LogP contribution in [0.2, 0.25) is 0 Å². The van der Waals surface area contributed by atoms with Crippen molar-refractivity contribution in [1.82, 2.24) is 4.98 Å². The van der Waals surface area contributed by atoms with Crippen LogP contribution in [-0.4, -0.2) is 37.2 Å². The van der Waals surface area contributed by atoms with Gasteiger partial charge in [0.1, 0.15) is 5.82 Å². The zero-order valence-corrected chi connectivity index (χ0v) is 15.5. The van der Waals surface area contributed by atoms with Crippen LogP contribution in [0.15, 0.2) is 48.7 Å². The maximum absolute atomic E-state index is 12.9. The topological polar surface area (TPSA) is 54.5 Å². The van der Waals surface area contributed by atoms with Gasteiger partial charge in [-0.05, 0) is 23.6 Å². The Kier molecular flexibility index (Phi) is 6.23. The molecule has 1 aliphatic heterocycles. The zero-order chi connectivity index (χ0) is 18.4. The van der Waals surface area contributed by atoms with E-state index in [9.17, 15) is 4.79 Å². The molecule has 2 atom stereocenters. The zero-order valence-electron chi connectivity index (χ0n) is 15.5. The van der Waals surface area contributed by atoms with Gasteiger partial charge in [-0.1, -0.05) is 50.6 Å². The molecule has 1 N–H and O–H groups in total. The van der Waals surface area contributed by atoms with Crippen molar-refractivity contribution in [1.29, 1.82) is 0 Å². The molecule has 0 aliphatic carbocycles. The van der Waals surface area contributed by atoms with Gasteiger partial charge < -0.3 is 15.0 Å². The Morgan fingerprint density at radius 3 is 2.54 bits per heavy atom. The number of carbonyl (C=O) groups excluding carboxylic acids is 1. The summed E-state index contributed by atoms with van der Waals surface area (Å²) in [6, 6.07) is 13.9. The van der Waals surface area contributed by atoms with Gasteiger partial charge in [-0.3, -0.25) is 4.79 Å². The van der Waals surface area contributed by atoms with Gasteiger partial charge in [-0.15, -0.1) is 0 Å². The Morgan fingerprint density at radius 2 is 1.92 bits per heavy atom. The second-order valence-electron chi connectivity index (χ2n) is 6.77. The summed E-state index contributed by atoms with van der Waals surface area (Å²) in [5.41, 5.74) is 1.79. The molecule has 26 heavy (non-hydrogen) atoms. The third kappa shape index (κ3) is 4.41. The molecule has 0 spiro atoms. The van der Waals surface area contributed by atoms with Crippen molar-refractivity contribution in [3.05, 3.63) is 54.2 Å². The van der Waals surface area contributed by atoms with Crippen molar-refractivity contribution >= 4 is 17.4 Å². The van der Waals surface area contributed by atoms with Crippen LogP contribution in [0.4, 0.5) is 11.5 Å². The van der Waals surface area contributed by atoms with Crippen LogP contribution in [0, 0.1) is 5.92 Å². The average Bonchev–Trinajstić information content (AvgIpc) is 2.70. The second kappa shape index (κ2) is 8.81. The number of anilines is 2. The van der Waals surface area contributed by atoms with Crippen LogP contribution >= 0.6 is 0 Å². The molecule has 0 unspecified atom stereocenters. The summed E-state index contributed by atoms with van der Waals surface area (Å²) in [4.78, 5) is 19.6. The van der Waals surface area contributed by atoms with E-state index in [0.29, 0.717) is 0 Å². The van der Waals surface area contributed by atoms with Crippen LogP contribution in [0.5, 0.6) is 0 Å². The number of ether oxygens (including phenoxy) is 1. The molecule has 2 aromatic rings. The lowest BCUT2D eigenvalue weighted by Gasteiger charge is -2.28. The van der Waals surface area contributed by atoms with Crippen LogP contribution in [0.1, 0.15) is 31.7 Å². The van der Waals surface area contributed by atoms with E-state index in [-0.39, 0.29) is 17.7 Å². The molecular weight excluding hydrogens is 326 g/mol. The molecule has 5 heteroatoms. The molecule has 1 aromatic carbocycles. The van der Waals surface area contributed by atoms with Gasteiger partial charge >= 0.3 is 0 Å². The molecule has 0 saturated carbocycles. The molecule has 138 valence electrons. The number of nitrogens with one attached hydrogen (secondary N) is 1. The van der Waals surface area contributed by atoms with Gasteiger partial charge in [0.2, 0.25) is 5.91 Å². The third-order valence-electron chi connectivity index (χ3n) is 5.00. The summed E-state index contributed by atoms with van der Waals surface area (Å²) in [6.45, 7) is 7.40. The molecule has 2 heterocycles. The first-order chi connectivity index (χ1) is 12.7. The number of nitrogens with zero attached hydrogens (tertiary/aromatic N) is 2. The van der Waals surface area contributed by atoms with Gasteiger partial charge in [0.15, 0.2) is 0 Å². The van der Waals surface area contributed by atoms with Gasteiger partial charge in [0.25, 0.3) is 0 Å². The molecule has 1 aliphatic rings. The normalized spacial score (nSPS) is 16.8.